The highest BCUT2D eigenvalue weighted by Crippen LogP contribution is 2.30. The van der Waals surface area contributed by atoms with Crippen molar-refractivity contribution < 1.29 is 13.9 Å². The van der Waals surface area contributed by atoms with E-state index >= 15 is 0 Å². The molecule has 1 saturated carbocycles. The Morgan fingerprint density at radius 3 is 3.04 bits per heavy atom. The molecule has 138 valence electrons. The lowest BCUT2D eigenvalue weighted by atomic mass is 10.1. The van der Waals surface area contributed by atoms with Crippen LogP contribution in [0.1, 0.15) is 30.4 Å². The third kappa shape index (κ3) is 4.79. The van der Waals surface area contributed by atoms with Gasteiger partial charge in [-0.3, -0.25) is 4.99 Å². The Balaban J connectivity index is 1.53. The third-order valence-corrected chi connectivity index (χ3v) is 5.82. The maximum atomic E-state index is 13.8. The smallest absolute Gasteiger partial charge is 0.191 e. The average molecular weight is 367 g/mol. The van der Waals surface area contributed by atoms with Crippen molar-refractivity contribution in [2.45, 2.75) is 43.6 Å². The van der Waals surface area contributed by atoms with Crippen LogP contribution in [0.3, 0.4) is 0 Å². The fourth-order valence-corrected chi connectivity index (χ4v) is 4.23. The van der Waals surface area contributed by atoms with Gasteiger partial charge in [0, 0.05) is 30.4 Å². The predicted octanol–water partition coefficient (Wildman–Crippen LogP) is 2.68. The van der Waals surface area contributed by atoms with E-state index in [1.807, 2.05) is 11.8 Å². The molecule has 1 aliphatic heterocycles. The van der Waals surface area contributed by atoms with E-state index in [4.69, 9.17) is 9.47 Å². The highest BCUT2D eigenvalue weighted by Gasteiger charge is 2.24. The molecule has 0 spiro atoms. The van der Waals surface area contributed by atoms with Crippen LogP contribution < -0.4 is 15.4 Å². The molecule has 0 aromatic heterocycles. The zero-order valence-corrected chi connectivity index (χ0v) is 15.6. The first-order chi connectivity index (χ1) is 12.2. The van der Waals surface area contributed by atoms with E-state index in [0.717, 1.165) is 28.1 Å². The quantitative estimate of drug-likeness (QED) is 0.619. The number of thioether (sulfide) groups is 1. The number of ether oxygens (including phenoxy) is 2. The lowest BCUT2D eigenvalue weighted by Gasteiger charge is -2.21. The minimum Gasteiger partial charge on any atom is -0.467 e. The Morgan fingerprint density at radius 1 is 1.40 bits per heavy atom. The summed E-state index contributed by atoms with van der Waals surface area (Å²) >= 11 is 1.94. The Hall–Kier alpha value is -1.47. The summed E-state index contributed by atoms with van der Waals surface area (Å²) in [6.07, 6.45) is 6.45. The molecule has 25 heavy (non-hydrogen) atoms. The average Bonchev–Trinajstić information content (AvgIpc) is 3.08. The normalized spacial score (nSPS) is 23.1. The first-order valence-electron chi connectivity index (χ1n) is 8.71. The van der Waals surface area contributed by atoms with E-state index in [9.17, 15) is 4.39 Å². The number of fused-ring (bicyclic) bond motifs is 1. The minimum atomic E-state index is -0.251. The molecule has 2 N–H and O–H groups in total. The van der Waals surface area contributed by atoms with Gasteiger partial charge in [-0.1, -0.05) is 0 Å². The van der Waals surface area contributed by atoms with Crippen LogP contribution in [-0.4, -0.2) is 43.9 Å². The number of nitrogens with one attached hydrogen (secondary N) is 2. The van der Waals surface area contributed by atoms with Gasteiger partial charge in [-0.15, -0.1) is 0 Å². The molecular weight excluding hydrogens is 341 g/mol. The maximum Gasteiger partial charge on any atom is 0.191 e. The van der Waals surface area contributed by atoms with Crippen molar-refractivity contribution in [2.75, 3.05) is 26.6 Å². The lowest BCUT2D eigenvalue weighted by molar-refractivity contribution is -0.0172. The number of benzene rings is 1. The summed E-state index contributed by atoms with van der Waals surface area (Å²) in [7, 11) is 1.78. The molecule has 1 aromatic rings. The molecule has 1 aromatic carbocycles. The summed E-state index contributed by atoms with van der Waals surface area (Å²) in [4.78, 5) is 4.30. The summed E-state index contributed by atoms with van der Waals surface area (Å²) in [6, 6.07) is 3.50. The Labute approximate surface area is 152 Å². The molecule has 5 nitrogen and oxygen atoms in total. The summed E-state index contributed by atoms with van der Waals surface area (Å²) in [5, 5.41) is 7.56. The summed E-state index contributed by atoms with van der Waals surface area (Å²) in [6.45, 7) is 1.29. The van der Waals surface area contributed by atoms with Crippen LogP contribution in [0.2, 0.25) is 0 Å². The molecule has 3 rings (SSSR count). The van der Waals surface area contributed by atoms with E-state index in [2.05, 4.69) is 21.9 Å². The van der Waals surface area contributed by atoms with Crippen molar-refractivity contribution in [3.63, 3.8) is 0 Å². The highest BCUT2D eigenvalue weighted by molar-refractivity contribution is 7.99. The summed E-state index contributed by atoms with van der Waals surface area (Å²) in [5.74, 6) is 1.32. The van der Waals surface area contributed by atoms with Gasteiger partial charge < -0.3 is 20.1 Å². The van der Waals surface area contributed by atoms with Crippen LogP contribution in [0.5, 0.6) is 5.75 Å². The summed E-state index contributed by atoms with van der Waals surface area (Å²) in [5.41, 5.74) is 1.64. The van der Waals surface area contributed by atoms with E-state index in [0.29, 0.717) is 25.6 Å². The molecule has 0 amide bonds. The fraction of sp³-hybridized carbons (Fsp3) is 0.611. The monoisotopic (exact) mass is 367 g/mol. The largest absolute Gasteiger partial charge is 0.467 e. The molecule has 1 heterocycles. The van der Waals surface area contributed by atoms with Gasteiger partial charge in [0.15, 0.2) is 12.8 Å². The third-order valence-electron chi connectivity index (χ3n) is 4.72. The SMILES string of the molecule is CN=C(NCCc1cc(F)cc2c1OCOC2)NC1CCC(SC)C1. The molecule has 7 heteroatoms. The maximum absolute atomic E-state index is 13.8. The van der Waals surface area contributed by atoms with Crippen LogP contribution >= 0.6 is 11.8 Å². The van der Waals surface area contributed by atoms with Crippen molar-refractivity contribution >= 4 is 17.7 Å². The van der Waals surface area contributed by atoms with E-state index in [-0.39, 0.29) is 12.6 Å². The second-order valence-electron chi connectivity index (χ2n) is 6.42. The van der Waals surface area contributed by atoms with E-state index < -0.39 is 0 Å². The van der Waals surface area contributed by atoms with Crippen LogP contribution in [0.15, 0.2) is 17.1 Å². The van der Waals surface area contributed by atoms with Gasteiger partial charge in [0.2, 0.25) is 0 Å². The fourth-order valence-electron chi connectivity index (χ4n) is 3.43. The Bertz CT molecular complexity index is 627. The number of aliphatic imine (C=N–C) groups is 1. The Morgan fingerprint density at radius 2 is 2.28 bits per heavy atom. The zero-order valence-electron chi connectivity index (χ0n) is 14.8. The van der Waals surface area contributed by atoms with Crippen LogP contribution in [0, 0.1) is 5.82 Å². The molecule has 2 aliphatic rings. The second-order valence-corrected chi connectivity index (χ2v) is 7.56. The molecule has 0 bridgehead atoms. The molecule has 0 saturated heterocycles. The number of guanidine groups is 1. The first kappa shape index (κ1) is 18.3. The molecular formula is C18H26FN3O2S. The highest BCUT2D eigenvalue weighted by atomic mass is 32.2. The zero-order chi connectivity index (χ0) is 17.6. The molecule has 2 unspecified atom stereocenters. The minimum absolute atomic E-state index is 0.223. The Kier molecular flexibility index (Phi) is 6.42. The lowest BCUT2D eigenvalue weighted by Crippen LogP contribution is -2.43. The first-order valence-corrected chi connectivity index (χ1v) is 10.00. The number of nitrogens with zero attached hydrogens (tertiary/aromatic N) is 1. The van der Waals surface area contributed by atoms with Crippen molar-refractivity contribution in [3.05, 3.63) is 29.1 Å². The van der Waals surface area contributed by atoms with Crippen LogP contribution in [0.25, 0.3) is 0 Å². The molecule has 0 radical (unpaired) electrons. The topological polar surface area (TPSA) is 54.9 Å². The van der Waals surface area contributed by atoms with Gasteiger partial charge in [0.1, 0.15) is 11.6 Å². The van der Waals surface area contributed by atoms with Gasteiger partial charge in [0.25, 0.3) is 0 Å². The second kappa shape index (κ2) is 8.76. The van der Waals surface area contributed by atoms with Crippen LogP contribution in [0.4, 0.5) is 4.39 Å². The van der Waals surface area contributed by atoms with E-state index in [1.54, 1.807) is 13.1 Å². The van der Waals surface area contributed by atoms with Gasteiger partial charge >= 0.3 is 0 Å². The van der Waals surface area contributed by atoms with Gasteiger partial charge in [-0.2, -0.15) is 11.8 Å². The van der Waals surface area contributed by atoms with Gasteiger partial charge in [-0.05, 0) is 49.6 Å². The number of hydrogen-bond acceptors (Lipinski definition) is 4. The van der Waals surface area contributed by atoms with Crippen molar-refractivity contribution in [1.29, 1.82) is 0 Å². The predicted molar refractivity (Wildman–Crippen MR) is 99.8 cm³/mol. The van der Waals surface area contributed by atoms with Crippen molar-refractivity contribution in [3.8, 4) is 5.75 Å². The molecule has 1 fully saturated rings. The van der Waals surface area contributed by atoms with Crippen molar-refractivity contribution in [2.24, 2.45) is 4.99 Å². The summed E-state index contributed by atoms with van der Waals surface area (Å²) < 4.78 is 24.6. The van der Waals surface area contributed by atoms with Gasteiger partial charge in [0.05, 0.1) is 6.61 Å². The number of halogens is 1. The number of hydrogen-bond donors (Lipinski definition) is 2. The van der Waals surface area contributed by atoms with Crippen LogP contribution in [-0.2, 0) is 17.8 Å². The van der Waals surface area contributed by atoms with Crippen molar-refractivity contribution in [1.82, 2.24) is 10.6 Å². The van der Waals surface area contributed by atoms with Gasteiger partial charge in [-0.25, -0.2) is 4.39 Å². The molecule has 2 atom stereocenters. The van der Waals surface area contributed by atoms with E-state index in [1.165, 1.54) is 25.3 Å². The molecule has 1 aliphatic carbocycles. The number of rotatable bonds is 5. The standard InChI is InChI=1S/C18H26FN3O2S/c1-20-18(22-15-3-4-16(9-15)25-2)21-6-5-12-7-14(19)8-13-10-23-11-24-17(12)13/h7-8,15-16H,3-6,9-11H2,1-2H3,(H2,20,21,22).